The Labute approximate surface area is 101 Å². The van der Waals surface area contributed by atoms with Crippen molar-refractivity contribution in [3.63, 3.8) is 0 Å². The Kier molecular flexibility index (Phi) is 14.2. The fraction of sp³-hybridized carbons (Fsp3) is 0.800. The van der Waals surface area contributed by atoms with Crippen molar-refractivity contribution in [1.29, 1.82) is 0 Å². The van der Waals surface area contributed by atoms with Crippen molar-refractivity contribution < 1.29 is 5.21 Å². The minimum Gasteiger partial charge on any atom is -0.411 e. The maximum atomic E-state index is 7.97. The summed E-state index contributed by atoms with van der Waals surface area (Å²) in [5, 5.41) is 10.9. The largest absolute Gasteiger partial charge is 0.411 e. The summed E-state index contributed by atoms with van der Waals surface area (Å²) in [5.41, 5.74) is 0.00868. The third-order valence-corrected chi connectivity index (χ3v) is 0.445. The van der Waals surface area contributed by atoms with Crippen LogP contribution >= 0.6 is 0 Å². The van der Waals surface area contributed by atoms with E-state index in [0.29, 0.717) is 0 Å². The second kappa shape index (κ2) is 7.58. The van der Waals surface area contributed by atoms with Gasteiger partial charge in [0.25, 0.3) is 0 Å². The van der Waals surface area contributed by atoms with Crippen molar-refractivity contribution in [3.05, 3.63) is 0 Å². The first kappa shape index (κ1) is 16.8. The Morgan fingerprint density at radius 1 is 1.22 bits per heavy atom. The molecule has 0 saturated heterocycles. The third-order valence-electron chi connectivity index (χ3n) is 0.445. The molecule has 4 heteroatoms. The van der Waals surface area contributed by atoms with Gasteiger partial charge in [0, 0.05) is 70.7 Å². The van der Waals surface area contributed by atoms with E-state index in [2.05, 4.69) is 5.16 Å². The van der Waals surface area contributed by atoms with E-state index in [1.165, 1.54) is 6.21 Å². The van der Waals surface area contributed by atoms with Gasteiger partial charge >= 0.3 is 0 Å². The molecule has 0 saturated carbocycles. The minimum absolute atomic E-state index is 0. The maximum absolute atomic E-state index is 7.97. The van der Waals surface area contributed by atoms with E-state index in [1.807, 2.05) is 20.8 Å². The predicted molar refractivity (Wildman–Crippen MR) is 41.2 cm³/mol. The molecule has 0 aromatic carbocycles. The zero-order chi connectivity index (χ0) is 5.91. The van der Waals surface area contributed by atoms with Crippen LogP contribution in [0, 0.1) is 5.41 Å². The summed E-state index contributed by atoms with van der Waals surface area (Å²) in [4.78, 5) is 0. The van der Waals surface area contributed by atoms with Crippen molar-refractivity contribution in [3.8, 4) is 0 Å². The summed E-state index contributed by atoms with van der Waals surface area (Å²) < 4.78 is 0. The summed E-state index contributed by atoms with van der Waals surface area (Å²) in [7, 11) is 0. The summed E-state index contributed by atoms with van der Waals surface area (Å²) in [6.07, 6.45) is 1.49. The van der Waals surface area contributed by atoms with Crippen LogP contribution in [0.2, 0.25) is 0 Å². The molecule has 2 nitrogen and oxygen atoms in total. The number of hydrogen-bond acceptors (Lipinski definition) is 2. The van der Waals surface area contributed by atoms with Crippen molar-refractivity contribution in [2.24, 2.45) is 10.6 Å². The molecular weight excluding hydrogens is 136 g/mol. The quantitative estimate of drug-likeness (QED) is 0.233. The first-order valence-corrected chi connectivity index (χ1v) is 2.25. The molecule has 0 amide bonds. The van der Waals surface area contributed by atoms with E-state index >= 15 is 0 Å². The SMILES string of the molecule is CC(C)(C)C=NO.[Na].[Na]. The van der Waals surface area contributed by atoms with Crippen LogP contribution in [-0.4, -0.2) is 70.5 Å². The molecule has 0 aliphatic carbocycles. The zero-order valence-corrected chi connectivity index (χ0v) is 11.0. The molecular formula is C5H11NNa2O. The van der Waals surface area contributed by atoms with Crippen LogP contribution in [0.25, 0.3) is 0 Å². The van der Waals surface area contributed by atoms with Crippen molar-refractivity contribution in [2.45, 2.75) is 20.8 Å². The molecule has 0 spiro atoms. The molecule has 9 heavy (non-hydrogen) atoms. The van der Waals surface area contributed by atoms with Gasteiger partial charge in [-0.1, -0.05) is 20.8 Å². The van der Waals surface area contributed by atoms with Gasteiger partial charge in [-0.2, -0.15) is 0 Å². The summed E-state index contributed by atoms with van der Waals surface area (Å²) >= 11 is 0. The monoisotopic (exact) mass is 147 g/mol. The van der Waals surface area contributed by atoms with Crippen molar-refractivity contribution in [1.82, 2.24) is 0 Å². The van der Waals surface area contributed by atoms with Gasteiger partial charge in [0.15, 0.2) is 0 Å². The number of rotatable bonds is 0. The van der Waals surface area contributed by atoms with E-state index in [1.54, 1.807) is 0 Å². The Bertz CT molecular complexity index is 77.5. The standard InChI is InChI=1S/C5H11NO.2Na/c1-5(2,3)4-6-7;;/h4,7H,1-3H3;;. The van der Waals surface area contributed by atoms with Crippen molar-refractivity contribution >= 4 is 65.3 Å². The summed E-state index contributed by atoms with van der Waals surface area (Å²) in [5.74, 6) is 0. The van der Waals surface area contributed by atoms with Crippen LogP contribution in [-0.2, 0) is 0 Å². The Morgan fingerprint density at radius 3 is 1.56 bits per heavy atom. The first-order chi connectivity index (χ1) is 3.06. The van der Waals surface area contributed by atoms with Crippen LogP contribution < -0.4 is 0 Å². The van der Waals surface area contributed by atoms with Gasteiger partial charge < -0.3 is 5.21 Å². The number of oxime groups is 1. The van der Waals surface area contributed by atoms with Gasteiger partial charge in [0.2, 0.25) is 0 Å². The number of hydrogen-bond donors (Lipinski definition) is 1. The summed E-state index contributed by atoms with van der Waals surface area (Å²) in [6.45, 7) is 5.90. The Balaban J connectivity index is -0.000000180. The molecule has 0 unspecified atom stereocenters. The molecule has 0 bridgehead atoms. The fourth-order valence-electron chi connectivity index (χ4n) is 0.173. The average Bonchev–Trinajstić information content (AvgIpc) is 1.30. The second-order valence-corrected chi connectivity index (χ2v) is 2.61. The van der Waals surface area contributed by atoms with E-state index < -0.39 is 0 Å². The summed E-state index contributed by atoms with van der Waals surface area (Å²) in [6, 6.07) is 0. The van der Waals surface area contributed by atoms with Gasteiger partial charge in [-0.3, -0.25) is 0 Å². The number of nitrogens with zero attached hydrogens (tertiary/aromatic N) is 1. The topological polar surface area (TPSA) is 32.6 Å². The molecule has 2 radical (unpaired) electrons. The minimum atomic E-state index is 0. The molecule has 0 aliphatic rings. The van der Waals surface area contributed by atoms with Crippen LogP contribution in [0.4, 0.5) is 0 Å². The van der Waals surface area contributed by atoms with Gasteiger partial charge in [0.05, 0.1) is 0 Å². The van der Waals surface area contributed by atoms with E-state index in [9.17, 15) is 0 Å². The molecule has 0 atom stereocenters. The molecule has 1 N–H and O–H groups in total. The molecule has 0 fully saturated rings. The molecule has 0 aliphatic heterocycles. The molecule has 44 valence electrons. The van der Waals surface area contributed by atoms with E-state index in [-0.39, 0.29) is 64.5 Å². The van der Waals surface area contributed by atoms with E-state index in [0.717, 1.165) is 0 Å². The maximum Gasteiger partial charge on any atom is 0.0489 e. The van der Waals surface area contributed by atoms with Gasteiger partial charge in [0.1, 0.15) is 0 Å². The van der Waals surface area contributed by atoms with Crippen LogP contribution in [0.3, 0.4) is 0 Å². The average molecular weight is 147 g/mol. The molecule has 0 aromatic heterocycles. The Hall–Kier alpha value is 1.47. The molecule has 0 aromatic rings. The second-order valence-electron chi connectivity index (χ2n) is 2.61. The molecule has 0 heterocycles. The fourth-order valence-corrected chi connectivity index (χ4v) is 0.173. The van der Waals surface area contributed by atoms with Crippen LogP contribution in [0.5, 0.6) is 0 Å². The van der Waals surface area contributed by atoms with Gasteiger partial charge in [-0.25, -0.2) is 0 Å². The van der Waals surface area contributed by atoms with E-state index in [4.69, 9.17) is 5.21 Å². The predicted octanol–water partition coefficient (Wildman–Crippen LogP) is 0.731. The van der Waals surface area contributed by atoms with Crippen LogP contribution in [0.15, 0.2) is 5.16 Å². The zero-order valence-electron chi connectivity index (χ0n) is 6.97. The van der Waals surface area contributed by atoms with Crippen molar-refractivity contribution in [2.75, 3.05) is 0 Å². The Morgan fingerprint density at radius 2 is 1.56 bits per heavy atom. The van der Waals surface area contributed by atoms with Gasteiger partial charge in [-0.05, 0) is 0 Å². The van der Waals surface area contributed by atoms with Crippen LogP contribution in [0.1, 0.15) is 20.8 Å². The smallest absolute Gasteiger partial charge is 0.0489 e. The third kappa shape index (κ3) is 17.7. The first-order valence-electron chi connectivity index (χ1n) is 2.25. The van der Waals surface area contributed by atoms with Gasteiger partial charge in [-0.15, -0.1) is 5.16 Å². The normalized spacial score (nSPS) is 10.1. The molecule has 0 rings (SSSR count).